The van der Waals surface area contributed by atoms with Crippen molar-refractivity contribution in [2.24, 2.45) is 0 Å². The molecule has 0 bridgehead atoms. The minimum absolute atomic E-state index is 0.384. The van der Waals surface area contributed by atoms with Gasteiger partial charge in [-0.1, -0.05) is 6.92 Å². The molecule has 1 atom stereocenters. The molecule has 0 radical (unpaired) electrons. The number of nitrogens with one attached hydrogen (secondary N) is 2. The Kier molecular flexibility index (Phi) is 5.28. The molecule has 0 saturated heterocycles. The molecule has 70 valence electrons. The second kappa shape index (κ2) is 5.71. The maximum absolute atomic E-state index is 11.1. The van der Waals surface area contributed by atoms with Crippen LogP contribution in [0, 0.1) is 0 Å². The van der Waals surface area contributed by atoms with Gasteiger partial charge in [0.1, 0.15) is 0 Å². The van der Waals surface area contributed by atoms with Crippen molar-refractivity contribution in [2.75, 3.05) is 13.6 Å². The van der Waals surface area contributed by atoms with Gasteiger partial charge < -0.3 is 10.6 Å². The Morgan fingerprint density at radius 2 is 2.00 bits per heavy atom. The molecule has 0 fully saturated rings. The summed E-state index contributed by atoms with van der Waals surface area (Å²) in [7, 11) is 1.45. The maximum Gasteiger partial charge on any atom is 0.288 e. The van der Waals surface area contributed by atoms with E-state index >= 15 is 0 Å². The quantitative estimate of drug-likeness (QED) is 0.559. The topological polar surface area (TPSA) is 58.2 Å². The molecule has 2 N–H and O–H groups in total. The highest BCUT2D eigenvalue weighted by Crippen LogP contribution is 1.85. The van der Waals surface area contributed by atoms with E-state index in [0.717, 1.165) is 13.0 Å². The highest BCUT2D eigenvalue weighted by Gasteiger charge is 2.18. The molecule has 4 heteroatoms. The van der Waals surface area contributed by atoms with Crippen molar-refractivity contribution in [3.63, 3.8) is 0 Å². The second-order valence-corrected chi connectivity index (χ2v) is 2.62. The van der Waals surface area contributed by atoms with Crippen LogP contribution in [-0.2, 0) is 9.59 Å². The van der Waals surface area contributed by atoms with Gasteiger partial charge in [0.15, 0.2) is 0 Å². The number of likely N-dealkylation sites (N-methyl/N-ethyl adjacent to an activating group) is 1. The van der Waals surface area contributed by atoms with E-state index < -0.39 is 11.7 Å². The van der Waals surface area contributed by atoms with Crippen LogP contribution in [0.2, 0.25) is 0 Å². The molecule has 0 aliphatic heterocycles. The Bertz CT molecular complexity index is 168. The van der Waals surface area contributed by atoms with Gasteiger partial charge in [-0.3, -0.25) is 9.59 Å². The first kappa shape index (κ1) is 11.1. The van der Waals surface area contributed by atoms with Gasteiger partial charge in [0.25, 0.3) is 5.91 Å². The smallest absolute Gasteiger partial charge is 0.288 e. The van der Waals surface area contributed by atoms with Crippen molar-refractivity contribution < 1.29 is 9.59 Å². The first-order valence-corrected chi connectivity index (χ1v) is 4.12. The minimum atomic E-state index is -0.536. The van der Waals surface area contributed by atoms with Gasteiger partial charge in [-0.15, -0.1) is 0 Å². The summed E-state index contributed by atoms with van der Waals surface area (Å²) in [4.78, 5) is 21.9. The number of carbonyl (C=O) groups is 2. The summed E-state index contributed by atoms with van der Waals surface area (Å²) in [5.41, 5.74) is 0. The fourth-order valence-electron chi connectivity index (χ4n) is 0.773. The monoisotopic (exact) mass is 172 g/mol. The molecular weight excluding hydrogens is 156 g/mol. The average Bonchev–Trinajstić information content (AvgIpc) is 2.11. The first-order valence-electron chi connectivity index (χ1n) is 4.12. The Morgan fingerprint density at radius 1 is 1.42 bits per heavy atom. The van der Waals surface area contributed by atoms with Crippen molar-refractivity contribution in [1.29, 1.82) is 0 Å². The van der Waals surface area contributed by atoms with Crippen LogP contribution in [0.3, 0.4) is 0 Å². The van der Waals surface area contributed by atoms with Gasteiger partial charge in [-0.05, 0) is 19.9 Å². The number of Topliss-reactive ketones (excluding diaryl/α,β-unsaturated/α-hetero) is 1. The lowest BCUT2D eigenvalue weighted by Crippen LogP contribution is -2.42. The summed E-state index contributed by atoms with van der Waals surface area (Å²) in [6, 6.07) is -0.384. The van der Waals surface area contributed by atoms with Crippen molar-refractivity contribution in [3.8, 4) is 0 Å². The van der Waals surface area contributed by atoms with Crippen molar-refractivity contribution in [2.45, 2.75) is 26.3 Å². The van der Waals surface area contributed by atoms with Crippen molar-refractivity contribution >= 4 is 11.7 Å². The molecule has 0 aromatic rings. The Labute approximate surface area is 72.7 Å². The molecule has 1 amide bonds. The summed E-state index contributed by atoms with van der Waals surface area (Å²) < 4.78 is 0. The van der Waals surface area contributed by atoms with E-state index in [9.17, 15) is 9.59 Å². The number of amides is 1. The summed E-state index contributed by atoms with van der Waals surface area (Å²) in [6.07, 6.45) is 0.950. The SMILES string of the molecule is CCCNC(C)C(=O)C(=O)NC. The lowest BCUT2D eigenvalue weighted by Gasteiger charge is -2.09. The van der Waals surface area contributed by atoms with Gasteiger partial charge in [0, 0.05) is 7.05 Å². The van der Waals surface area contributed by atoms with Crippen LogP contribution >= 0.6 is 0 Å². The van der Waals surface area contributed by atoms with E-state index in [4.69, 9.17) is 0 Å². The van der Waals surface area contributed by atoms with Gasteiger partial charge in [0.05, 0.1) is 6.04 Å². The molecule has 12 heavy (non-hydrogen) atoms. The summed E-state index contributed by atoms with van der Waals surface area (Å²) >= 11 is 0. The molecule has 0 spiro atoms. The molecule has 0 saturated carbocycles. The van der Waals surface area contributed by atoms with Crippen LogP contribution in [0.1, 0.15) is 20.3 Å². The van der Waals surface area contributed by atoms with Crippen LogP contribution in [0.4, 0.5) is 0 Å². The predicted octanol–water partition coefficient (Wildman–Crippen LogP) is -0.310. The van der Waals surface area contributed by atoms with Gasteiger partial charge in [-0.25, -0.2) is 0 Å². The van der Waals surface area contributed by atoms with E-state index in [0.29, 0.717) is 0 Å². The first-order chi connectivity index (χ1) is 5.63. The minimum Gasteiger partial charge on any atom is -0.353 e. The van der Waals surface area contributed by atoms with Crippen LogP contribution < -0.4 is 10.6 Å². The van der Waals surface area contributed by atoms with Crippen molar-refractivity contribution in [3.05, 3.63) is 0 Å². The fourth-order valence-corrected chi connectivity index (χ4v) is 0.773. The standard InChI is InChI=1S/C8H16N2O2/c1-4-5-10-6(2)7(11)8(12)9-3/h6,10H,4-5H2,1-3H3,(H,9,12). The normalized spacial score (nSPS) is 12.2. The lowest BCUT2D eigenvalue weighted by atomic mass is 10.2. The largest absolute Gasteiger partial charge is 0.353 e. The average molecular weight is 172 g/mol. The molecule has 0 aliphatic rings. The zero-order chi connectivity index (χ0) is 9.56. The molecular formula is C8H16N2O2. The van der Waals surface area contributed by atoms with E-state index in [-0.39, 0.29) is 6.04 Å². The third-order valence-electron chi connectivity index (χ3n) is 1.54. The van der Waals surface area contributed by atoms with Crippen LogP contribution in [0.25, 0.3) is 0 Å². The molecule has 1 unspecified atom stereocenters. The van der Waals surface area contributed by atoms with Crippen LogP contribution in [0.15, 0.2) is 0 Å². The number of rotatable bonds is 5. The summed E-state index contributed by atoms with van der Waals surface area (Å²) in [6.45, 7) is 4.45. The fraction of sp³-hybridized carbons (Fsp3) is 0.750. The molecule has 0 aromatic heterocycles. The third-order valence-corrected chi connectivity index (χ3v) is 1.54. The number of ketones is 1. The highest BCUT2D eigenvalue weighted by atomic mass is 16.2. The zero-order valence-electron chi connectivity index (χ0n) is 7.81. The van der Waals surface area contributed by atoms with E-state index in [2.05, 4.69) is 10.6 Å². The molecule has 0 aliphatic carbocycles. The predicted molar refractivity (Wildman–Crippen MR) is 46.8 cm³/mol. The molecule has 0 aromatic carbocycles. The zero-order valence-corrected chi connectivity index (χ0v) is 7.81. The van der Waals surface area contributed by atoms with E-state index in [1.807, 2.05) is 6.92 Å². The van der Waals surface area contributed by atoms with Gasteiger partial charge >= 0.3 is 0 Å². The number of carbonyl (C=O) groups excluding carboxylic acids is 2. The van der Waals surface area contributed by atoms with Crippen LogP contribution in [-0.4, -0.2) is 31.3 Å². The molecule has 4 nitrogen and oxygen atoms in total. The summed E-state index contributed by atoms with van der Waals surface area (Å²) in [5.74, 6) is -0.947. The number of hydrogen-bond donors (Lipinski definition) is 2. The Balaban J connectivity index is 3.84. The molecule has 0 heterocycles. The third kappa shape index (κ3) is 3.48. The van der Waals surface area contributed by atoms with Crippen LogP contribution in [0.5, 0.6) is 0 Å². The summed E-state index contributed by atoms with van der Waals surface area (Å²) in [5, 5.41) is 5.23. The highest BCUT2D eigenvalue weighted by molar-refractivity contribution is 6.37. The van der Waals surface area contributed by atoms with Gasteiger partial charge in [-0.2, -0.15) is 0 Å². The molecule has 0 rings (SSSR count). The lowest BCUT2D eigenvalue weighted by molar-refractivity contribution is -0.138. The van der Waals surface area contributed by atoms with Gasteiger partial charge in [0.2, 0.25) is 5.78 Å². The Hall–Kier alpha value is -0.900. The number of hydrogen-bond acceptors (Lipinski definition) is 3. The Morgan fingerprint density at radius 3 is 2.42 bits per heavy atom. The maximum atomic E-state index is 11.1. The second-order valence-electron chi connectivity index (χ2n) is 2.62. The van der Waals surface area contributed by atoms with E-state index in [1.165, 1.54) is 7.05 Å². The van der Waals surface area contributed by atoms with Crippen molar-refractivity contribution in [1.82, 2.24) is 10.6 Å². The van der Waals surface area contributed by atoms with E-state index in [1.54, 1.807) is 6.92 Å².